The highest BCUT2D eigenvalue weighted by Gasteiger charge is 2.05. The molecule has 0 unspecified atom stereocenters. The molecule has 0 aliphatic heterocycles. The minimum absolute atomic E-state index is 0.340. The Morgan fingerprint density at radius 3 is 2.75 bits per heavy atom. The molecule has 2 aromatic rings. The average Bonchev–Trinajstić information content (AvgIpc) is 2.25. The normalized spacial score (nSPS) is 10.4. The number of benzene rings is 1. The summed E-state index contributed by atoms with van der Waals surface area (Å²) in [5.74, 6) is 0.135. The van der Waals surface area contributed by atoms with Crippen LogP contribution >= 0.6 is 11.6 Å². The molecule has 0 saturated carbocycles. The van der Waals surface area contributed by atoms with Crippen LogP contribution in [0.15, 0.2) is 36.5 Å². The number of pyridine rings is 1. The zero-order valence-electron chi connectivity index (χ0n) is 8.45. The van der Waals surface area contributed by atoms with Crippen molar-refractivity contribution < 1.29 is 4.39 Å². The molecule has 1 heterocycles. The van der Waals surface area contributed by atoms with Crippen LogP contribution in [0.25, 0.3) is 0 Å². The smallest absolute Gasteiger partial charge is 0.126 e. The molecule has 1 aromatic carbocycles. The lowest BCUT2D eigenvalue weighted by Crippen LogP contribution is -1.98. The van der Waals surface area contributed by atoms with Crippen molar-refractivity contribution in [2.24, 2.45) is 0 Å². The number of halogens is 2. The summed E-state index contributed by atoms with van der Waals surface area (Å²) in [6.45, 7) is 0. The molecule has 82 valence electrons. The molecule has 16 heavy (non-hydrogen) atoms. The number of hydrogen-bond donors (Lipinski definition) is 1. The summed E-state index contributed by atoms with van der Waals surface area (Å²) in [5.41, 5.74) is 7.44. The number of rotatable bonds is 2. The zero-order valence-corrected chi connectivity index (χ0v) is 9.21. The second-order valence-corrected chi connectivity index (χ2v) is 3.87. The molecule has 4 heteroatoms. The van der Waals surface area contributed by atoms with Crippen LogP contribution < -0.4 is 5.73 Å². The van der Waals surface area contributed by atoms with Crippen molar-refractivity contribution in [3.8, 4) is 0 Å². The third kappa shape index (κ3) is 2.31. The summed E-state index contributed by atoms with van der Waals surface area (Å²) in [5, 5.41) is 0.406. The van der Waals surface area contributed by atoms with E-state index in [-0.39, 0.29) is 5.82 Å². The Kier molecular flexibility index (Phi) is 3.06. The number of aromatic nitrogens is 1. The number of anilines is 1. The second kappa shape index (κ2) is 4.49. The second-order valence-electron chi connectivity index (χ2n) is 3.46. The third-order valence-corrected chi connectivity index (χ3v) is 2.67. The summed E-state index contributed by atoms with van der Waals surface area (Å²) in [6, 6.07) is 8.02. The van der Waals surface area contributed by atoms with E-state index in [1.807, 2.05) is 12.1 Å². The highest BCUT2D eigenvalue weighted by atomic mass is 35.5. The fourth-order valence-electron chi connectivity index (χ4n) is 1.47. The average molecular weight is 237 g/mol. The maximum absolute atomic E-state index is 12.8. The number of nitrogens with two attached hydrogens (primary N) is 1. The van der Waals surface area contributed by atoms with E-state index in [0.29, 0.717) is 17.3 Å². The molecule has 0 bridgehead atoms. The number of nitrogens with zero attached hydrogens (tertiary/aromatic N) is 1. The lowest BCUT2D eigenvalue weighted by atomic mass is 10.1. The first kappa shape index (κ1) is 10.9. The van der Waals surface area contributed by atoms with E-state index in [2.05, 4.69) is 4.98 Å². The molecule has 2 N–H and O–H groups in total. The molecule has 0 aliphatic rings. The van der Waals surface area contributed by atoms with Crippen molar-refractivity contribution in [1.82, 2.24) is 4.98 Å². The molecule has 0 amide bonds. The summed E-state index contributed by atoms with van der Waals surface area (Å²) in [4.78, 5) is 3.98. The maximum Gasteiger partial charge on any atom is 0.126 e. The summed E-state index contributed by atoms with van der Waals surface area (Å²) < 4.78 is 12.8. The van der Waals surface area contributed by atoms with Crippen molar-refractivity contribution in [1.29, 1.82) is 0 Å². The largest absolute Gasteiger partial charge is 0.383 e. The Bertz CT molecular complexity index is 514. The third-order valence-electron chi connectivity index (χ3n) is 2.32. The first-order valence-corrected chi connectivity index (χ1v) is 5.18. The van der Waals surface area contributed by atoms with E-state index in [1.54, 1.807) is 12.3 Å². The van der Waals surface area contributed by atoms with Gasteiger partial charge in [0.1, 0.15) is 11.6 Å². The molecule has 0 aliphatic carbocycles. The van der Waals surface area contributed by atoms with Gasteiger partial charge < -0.3 is 5.73 Å². The lowest BCUT2D eigenvalue weighted by Gasteiger charge is -2.06. The topological polar surface area (TPSA) is 38.9 Å². The Balaban J connectivity index is 2.31. The van der Waals surface area contributed by atoms with Crippen molar-refractivity contribution in [3.63, 3.8) is 0 Å². The molecule has 2 rings (SSSR count). The van der Waals surface area contributed by atoms with Crippen LogP contribution in [-0.2, 0) is 6.42 Å². The first-order valence-electron chi connectivity index (χ1n) is 4.80. The highest BCUT2D eigenvalue weighted by Crippen LogP contribution is 2.22. The van der Waals surface area contributed by atoms with Gasteiger partial charge in [-0.2, -0.15) is 0 Å². The highest BCUT2D eigenvalue weighted by molar-refractivity contribution is 6.31. The quantitative estimate of drug-likeness (QED) is 0.871. The van der Waals surface area contributed by atoms with E-state index in [4.69, 9.17) is 17.3 Å². The van der Waals surface area contributed by atoms with E-state index in [1.165, 1.54) is 12.1 Å². The van der Waals surface area contributed by atoms with Crippen LogP contribution in [-0.4, -0.2) is 4.98 Å². The van der Waals surface area contributed by atoms with Crippen molar-refractivity contribution in [2.75, 3.05) is 5.73 Å². The minimum atomic E-state index is -0.340. The van der Waals surface area contributed by atoms with Crippen LogP contribution in [0.3, 0.4) is 0 Å². The van der Waals surface area contributed by atoms with Crippen LogP contribution in [0.5, 0.6) is 0 Å². The van der Waals surface area contributed by atoms with Gasteiger partial charge in [0.15, 0.2) is 0 Å². The van der Waals surface area contributed by atoms with Crippen molar-refractivity contribution in [3.05, 3.63) is 58.5 Å². The SMILES string of the molecule is Nc1ncccc1Cc1ccc(F)cc1Cl. The lowest BCUT2D eigenvalue weighted by molar-refractivity contribution is 0.627. The molecule has 1 aromatic heterocycles. The molecule has 0 radical (unpaired) electrons. The molecule has 0 saturated heterocycles. The van der Waals surface area contributed by atoms with Gasteiger partial charge in [-0.15, -0.1) is 0 Å². The predicted molar refractivity (Wildman–Crippen MR) is 62.9 cm³/mol. The molecule has 2 nitrogen and oxygen atoms in total. The van der Waals surface area contributed by atoms with Crippen LogP contribution in [0, 0.1) is 5.82 Å². The fraction of sp³-hybridized carbons (Fsp3) is 0.0833. The van der Waals surface area contributed by atoms with Gasteiger partial charge in [-0.05, 0) is 29.3 Å². The van der Waals surface area contributed by atoms with Gasteiger partial charge in [-0.25, -0.2) is 9.37 Å². The minimum Gasteiger partial charge on any atom is -0.383 e. The Labute approximate surface area is 97.9 Å². The molecule has 0 atom stereocenters. The predicted octanol–water partition coefficient (Wildman–Crippen LogP) is 3.05. The number of nitrogen functional groups attached to an aromatic ring is 1. The van der Waals surface area contributed by atoms with Gasteiger partial charge in [-0.1, -0.05) is 23.7 Å². The molecular weight excluding hydrogens is 227 g/mol. The monoisotopic (exact) mass is 236 g/mol. The van der Waals surface area contributed by atoms with Gasteiger partial charge in [0.05, 0.1) is 0 Å². The molecule has 0 fully saturated rings. The van der Waals surface area contributed by atoms with E-state index < -0.39 is 0 Å². The zero-order chi connectivity index (χ0) is 11.5. The van der Waals surface area contributed by atoms with Crippen LogP contribution in [0.4, 0.5) is 10.2 Å². The van der Waals surface area contributed by atoms with Gasteiger partial charge in [0, 0.05) is 17.6 Å². The maximum atomic E-state index is 12.8. The van der Waals surface area contributed by atoms with E-state index in [9.17, 15) is 4.39 Å². The van der Waals surface area contributed by atoms with Crippen molar-refractivity contribution >= 4 is 17.4 Å². The first-order chi connectivity index (χ1) is 7.66. The van der Waals surface area contributed by atoms with Crippen LogP contribution in [0.2, 0.25) is 5.02 Å². The standard InChI is InChI=1S/C12H10ClFN2/c13-11-7-10(14)4-3-8(11)6-9-2-1-5-16-12(9)15/h1-5,7H,6H2,(H2,15,16). The Morgan fingerprint density at radius 1 is 1.25 bits per heavy atom. The molecular formula is C12H10ClFN2. The molecule has 0 spiro atoms. The Morgan fingerprint density at radius 2 is 2.06 bits per heavy atom. The van der Waals surface area contributed by atoms with Gasteiger partial charge in [0.25, 0.3) is 0 Å². The van der Waals surface area contributed by atoms with E-state index >= 15 is 0 Å². The van der Waals surface area contributed by atoms with Crippen molar-refractivity contribution in [2.45, 2.75) is 6.42 Å². The number of hydrogen-bond acceptors (Lipinski definition) is 2. The summed E-state index contributed by atoms with van der Waals surface area (Å²) in [7, 11) is 0. The Hall–Kier alpha value is -1.61. The summed E-state index contributed by atoms with van der Waals surface area (Å²) in [6.07, 6.45) is 2.18. The fourth-order valence-corrected chi connectivity index (χ4v) is 1.70. The van der Waals surface area contributed by atoms with E-state index in [0.717, 1.165) is 11.1 Å². The van der Waals surface area contributed by atoms with Gasteiger partial charge in [0.2, 0.25) is 0 Å². The van der Waals surface area contributed by atoms with Crippen LogP contribution in [0.1, 0.15) is 11.1 Å². The summed E-state index contributed by atoms with van der Waals surface area (Å²) >= 11 is 5.93. The van der Waals surface area contributed by atoms with Gasteiger partial charge >= 0.3 is 0 Å². The van der Waals surface area contributed by atoms with Gasteiger partial charge in [-0.3, -0.25) is 0 Å².